The van der Waals surface area contributed by atoms with E-state index in [1.54, 1.807) is 31.2 Å². The lowest BCUT2D eigenvalue weighted by atomic mass is 10.2. The fourth-order valence-corrected chi connectivity index (χ4v) is 2.68. The summed E-state index contributed by atoms with van der Waals surface area (Å²) in [5, 5.41) is 9.17. The van der Waals surface area contributed by atoms with Crippen LogP contribution in [0, 0.1) is 6.92 Å². The molecule has 1 heterocycles. The third-order valence-corrected chi connectivity index (χ3v) is 3.84. The number of anilines is 2. The Bertz CT molecular complexity index is 655. The topological polar surface area (TPSA) is 96.5 Å². The zero-order valence-electron chi connectivity index (χ0n) is 11.4. The van der Waals surface area contributed by atoms with E-state index < -0.39 is 5.97 Å². The number of nitrogens with zero attached hydrogens (tertiary/aromatic N) is 2. The fourth-order valence-electron chi connectivity index (χ4n) is 1.90. The minimum Gasteiger partial charge on any atom is -0.481 e. The Balaban J connectivity index is 2.32. The maximum atomic E-state index is 12.6. The number of nitrogen functional groups attached to an aromatic ring is 1. The summed E-state index contributed by atoms with van der Waals surface area (Å²) in [6, 6.07) is 8.95. The van der Waals surface area contributed by atoms with Gasteiger partial charge >= 0.3 is 5.97 Å². The van der Waals surface area contributed by atoms with Gasteiger partial charge in [0.1, 0.15) is 4.88 Å². The monoisotopic (exact) mass is 305 g/mol. The summed E-state index contributed by atoms with van der Waals surface area (Å²) in [7, 11) is 0. The lowest BCUT2D eigenvalue weighted by Gasteiger charge is -2.21. The number of para-hydroxylation sites is 1. The van der Waals surface area contributed by atoms with Crippen molar-refractivity contribution >= 4 is 34.0 Å². The number of benzene rings is 1. The second-order valence-electron chi connectivity index (χ2n) is 4.40. The van der Waals surface area contributed by atoms with Gasteiger partial charge in [-0.05, 0) is 19.1 Å². The molecule has 0 radical (unpaired) electrons. The molecule has 21 heavy (non-hydrogen) atoms. The smallest absolute Gasteiger partial charge is 0.305 e. The number of carbonyl (C=O) groups excluding carboxylic acids is 1. The predicted molar refractivity (Wildman–Crippen MR) is 81.6 cm³/mol. The van der Waals surface area contributed by atoms with E-state index in [2.05, 4.69) is 4.98 Å². The molecular formula is C14H15N3O3S. The number of carboxylic acid groups (broad SMARTS) is 1. The normalized spacial score (nSPS) is 10.3. The molecule has 3 N–H and O–H groups in total. The first-order valence-electron chi connectivity index (χ1n) is 6.30. The number of thiazole rings is 1. The highest BCUT2D eigenvalue weighted by molar-refractivity contribution is 7.17. The molecular weight excluding hydrogens is 290 g/mol. The van der Waals surface area contributed by atoms with Crippen molar-refractivity contribution in [3.63, 3.8) is 0 Å². The number of amides is 1. The quantitative estimate of drug-likeness (QED) is 0.882. The van der Waals surface area contributed by atoms with Crippen molar-refractivity contribution in [2.75, 3.05) is 17.2 Å². The average molecular weight is 305 g/mol. The van der Waals surface area contributed by atoms with Gasteiger partial charge in [-0.15, -0.1) is 0 Å². The highest BCUT2D eigenvalue weighted by Gasteiger charge is 2.22. The number of rotatable bonds is 5. The molecule has 0 unspecified atom stereocenters. The molecule has 0 fully saturated rings. The van der Waals surface area contributed by atoms with Crippen LogP contribution in [0.1, 0.15) is 21.8 Å². The van der Waals surface area contributed by atoms with E-state index >= 15 is 0 Å². The van der Waals surface area contributed by atoms with Crippen LogP contribution in [0.2, 0.25) is 0 Å². The minimum atomic E-state index is -0.954. The number of carbonyl (C=O) groups is 2. The third kappa shape index (κ3) is 3.57. The molecule has 0 bridgehead atoms. The molecule has 0 atom stereocenters. The highest BCUT2D eigenvalue weighted by Crippen LogP contribution is 2.24. The molecule has 6 nitrogen and oxygen atoms in total. The second-order valence-corrected chi connectivity index (χ2v) is 5.43. The van der Waals surface area contributed by atoms with Crippen molar-refractivity contribution in [2.45, 2.75) is 13.3 Å². The van der Waals surface area contributed by atoms with Crippen LogP contribution in [0.25, 0.3) is 0 Å². The number of nitrogens with two attached hydrogens (primary N) is 1. The lowest BCUT2D eigenvalue weighted by Crippen LogP contribution is -2.32. The zero-order chi connectivity index (χ0) is 15.4. The first-order valence-corrected chi connectivity index (χ1v) is 7.12. The van der Waals surface area contributed by atoms with Gasteiger partial charge in [-0.25, -0.2) is 4.98 Å². The van der Waals surface area contributed by atoms with Crippen LogP contribution >= 0.6 is 11.3 Å². The van der Waals surface area contributed by atoms with Crippen LogP contribution in [0.5, 0.6) is 0 Å². The molecule has 1 amide bonds. The number of carboxylic acids is 1. The Hall–Kier alpha value is -2.41. The summed E-state index contributed by atoms with van der Waals surface area (Å²) < 4.78 is 0. The van der Waals surface area contributed by atoms with Crippen LogP contribution in [-0.2, 0) is 4.79 Å². The third-order valence-electron chi connectivity index (χ3n) is 2.87. The van der Waals surface area contributed by atoms with Crippen molar-refractivity contribution in [1.29, 1.82) is 0 Å². The van der Waals surface area contributed by atoms with Crippen molar-refractivity contribution in [3.05, 3.63) is 40.9 Å². The number of hydrogen-bond acceptors (Lipinski definition) is 5. The molecule has 110 valence electrons. The number of hydrogen-bond donors (Lipinski definition) is 2. The van der Waals surface area contributed by atoms with Gasteiger partial charge in [0.15, 0.2) is 5.13 Å². The van der Waals surface area contributed by atoms with Gasteiger partial charge in [0.25, 0.3) is 5.91 Å². The Morgan fingerprint density at radius 1 is 1.33 bits per heavy atom. The van der Waals surface area contributed by atoms with Gasteiger partial charge in [-0.1, -0.05) is 29.5 Å². The molecule has 0 aliphatic heterocycles. The minimum absolute atomic E-state index is 0.0927. The Morgan fingerprint density at radius 3 is 2.52 bits per heavy atom. The Morgan fingerprint density at radius 2 is 2.00 bits per heavy atom. The van der Waals surface area contributed by atoms with Crippen molar-refractivity contribution in [2.24, 2.45) is 0 Å². The Labute approximate surface area is 125 Å². The van der Waals surface area contributed by atoms with Crippen LogP contribution in [0.3, 0.4) is 0 Å². The lowest BCUT2D eigenvalue weighted by molar-refractivity contribution is -0.136. The van der Waals surface area contributed by atoms with Crippen molar-refractivity contribution < 1.29 is 14.7 Å². The summed E-state index contributed by atoms with van der Waals surface area (Å²) >= 11 is 1.11. The van der Waals surface area contributed by atoms with E-state index in [0.29, 0.717) is 21.4 Å². The molecule has 0 aliphatic carbocycles. The molecule has 0 aliphatic rings. The number of aliphatic carboxylic acids is 1. The van der Waals surface area contributed by atoms with E-state index in [-0.39, 0.29) is 18.9 Å². The molecule has 1 aromatic carbocycles. The van der Waals surface area contributed by atoms with E-state index in [9.17, 15) is 9.59 Å². The summed E-state index contributed by atoms with van der Waals surface area (Å²) in [5.74, 6) is -1.24. The Kier molecular flexibility index (Phi) is 4.54. The molecule has 0 saturated carbocycles. The summed E-state index contributed by atoms with van der Waals surface area (Å²) in [4.78, 5) is 29.3. The standard InChI is InChI=1S/C14H15N3O3S/c1-9-12(21-14(15)16-9)13(20)17(8-7-11(18)19)10-5-3-2-4-6-10/h2-6H,7-8H2,1H3,(H2,15,16)(H,18,19). The van der Waals surface area contributed by atoms with E-state index in [1.165, 1.54) is 4.90 Å². The second kappa shape index (κ2) is 6.36. The maximum Gasteiger partial charge on any atom is 0.305 e. The molecule has 1 aromatic heterocycles. The molecule has 2 aromatic rings. The maximum absolute atomic E-state index is 12.6. The van der Waals surface area contributed by atoms with Crippen molar-refractivity contribution in [1.82, 2.24) is 4.98 Å². The summed E-state index contributed by atoms with van der Waals surface area (Å²) in [6.45, 7) is 1.80. The largest absolute Gasteiger partial charge is 0.481 e. The first kappa shape index (κ1) is 15.0. The number of aryl methyl sites for hydroxylation is 1. The van der Waals surface area contributed by atoms with Gasteiger partial charge < -0.3 is 15.7 Å². The van der Waals surface area contributed by atoms with Crippen LogP contribution in [0.15, 0.2) is 30.3 Å². The number of aromatic nitrogens is 1. The van der Waals surface area contributed by atoms with Crippen LogP contribution in [0.4, 0.5) is 10.8 Å². The first-order chi connectivity index (χ1) is 9.99. The highest BCUT2D eigenvalue weighted by atomic mass is 32.1. The summed E-state index contributed by atoms with van der Waals surface area (Å²) in [5.41, 5.74) is 6.82. The van der Waals surface area contributed by atoms with Gasteiger partial charge in [0.05, 0.1) is 12.1 Å². The molecule has 2 rings (SSSR count). The van der Waals surface area contributed by atoms with Gasteiger partial charge in [0.2, 0.25) is 0 Å². The average Bonchev–Trinajstić information content (AvgIpc) is 2.78. The summed E-state index contributed by atoms with van der Waals surface area (Å²) in [6.07, 6.45) is -0.131. The van der Waals surface area contributed by atoms with Crippen LogP contribution in [-0.4, -0.2) is 28.5 Å². The van der Waals surface area contributed by atoms with E-state index in [1.807, 2.05) is 6.07 Å². The fraction of sp³-hybridized carbons (Fsp3) is 0.214. The predicted octanol–water partition coefficient (Wildman–Crippen LogP) is 2.16. The molecule has 7 heteroatoms. The SMILES string of the molecule is Cc1nc(N)sc1C(=O)N(CCC(=O)O)c1ccccc1. The van der Waals surface area contributed by atoms with Gasteiger partial charge in [-0.2, -0.15) is 0 Å². The van der Waals surface area contributed by atoms with Crippen LogP contribution < -0.4 is 10.6 Å². The molecule has 0 spiro atoms. The molecule has 0 saturated heterocycles. The van der Waals surface area contributed by atoms with E-state index in [0.717, 1.165) is 11.3 Å². The van der Waals surface area contributed by atoms with E-state index in [4.69, 9.17) is 10.8 Å². The van der Waals surface area contributed by atoms with Crippen molar-refractivity contribution in [3.8, 4) is 0 Å². The van der Waals surface area contributed by atoms with Gasteiger partial charge in [0, 0.05) is 12.2 Å². The van der Waals surface area contributed by atoms with Gasteiger partial charge in [-0.3, -0.25) is 9.59 Å². The zero-order valence-corrected chi connectivity index (χ0v) is 12.3.